The van der Waals surface area contributed by atoms with Gasteiger partial charge in [0.1, 0.15) is 24.5 Å². The van der Waals surface area contributed by atoms with Crippen LogP contribution in [-0.4, -0.2) is 119 Å². The Morgan fingerprint density at radius 1 is 0.943 bits per heavy atom. The van der Waals surface area contributed by atoms with Crippen LogP contribution in [0.3, 0.4) is 0 Å². The number of carbonyl (C=O) groups is 2. The van der Waals surface area contributed by atoms with Crippen LogP contribution in [0.5, 0.6) is 0 Å². The molecule has 0 aromatic rings. The molecule has 2 saturated heterocycles. The van der Waals surface area contributed by atoms with E-state index in [1.807, 2.05) is 13.8 Å². The molecule has 2 rings (SSSR count). The Morgan fingerprint density at radius 2 is 1.57 bits per heavy atom. The summed E-state index contributed by atoms with van der Waals surface area (Å²) in [5, 5.41) is 60.6. The third-order valence-electron chi connectivity index (χ3n) is 6.23. The maximum atomic E-state index is 12.1. The van der Waals surface area contributed by atoms with Crippen molar-refractivity contribution in [2.45, 2.75) is 89.2 Å². The molecule has 2 heterocycles. The summed E-state index contributed by atoms with van der Waals surface area (Å²) >= 11 is 0. The highest BCUT2D eigenvalue weighted by Crippen LogP contribution is 2.28. The lowest BCUT2D eigenvalue weighted by molar-refractivity contribution is -0.226. The topological polar surface area (TPSA) is 199 Å². The van der Waals surface area contributed by atoms with Crippen LogP contribution in [0.2, 0.25) is 0 Å². The van der Waals surface area contributed by atoms with Gasteiger partial charge in [-0.15, -0.1) is 0 Å². The van der Waals surface area contributed by atoms with Gasteiger partial charge in [0.25, 0.3) is 0 Å². The highest BCUT2D eigenvalue weighted by Gasteiger charge is 2.48. The van der Waals surface area contributed by atoms with Crippen molar-refractivity contribution in [1.29, 1.82) is 0 Å². The second kappa shape index (κ2) is 13.8. The standard InChI is InChI=1S/C22H41N3O10/c1-5-14(29)25-21-15(23-10(2)3)19(32)20(13(7-27)9-33-21)35-22-16(24-11(4)28)18(31)17(30)12(6-26)8-34-22/h10,12-13,15-23,26-27,30-32H,5-9H2,1-4H3,(H,24,28)(H,25,29). The van der Waals surface area contributed by atoms with E-state index < -0.39 is 80.0 Å². The largest absolute Gasteiger partial charge is 0.396 e. The van der Waals surface area contributed by atoms with Crippen molar-refractivity contribution in [1.82, 2.24) is 16.0 Å². The molecule has 0 spiro atoms. The van der Waals surface area contributed by atoms with E-state index >= 15 is 0 Å². The summed E-state index contributed by atoms with van der Waals surface area (Å²) in [5.41, 5.74) is 0. The van der Waals surface area contributed by atoms with Gasteiger partial charge in [0.15, 0.2) is 6.29 Å². The van der Waals surface area contributed by atoms with E-state index in [9.17, 15) is 35.1 Å². The number of aliphatic hydroxyl groups excluding tert-OH is 5. The summed E-state index contributed by atoms with van der Waals surface area (Å²) in [7, 11) is 0. The van der Waals surface area contributed by atoms with Crippen LogP contribution in [0.15, 0.2) is 0 Å². The van der Waals surface area contributed by atoms with Crippen molar-refractivity contribution in [3.05, 3.63) is 0 Å². The van der Waals surface area contributed by atoms with Crippen LogP contribution in [-0.2, 0) is 23.8 Å². The number of nitrogens with one attached hydrogen (secondary N) is 3. The van der Waals surface area contributed by atoms with Crippen molar-refractivity contribution < 1.29 is 49.3 Å². The molecule has 0 bridgehead atoms. The average molecular weight is 508 g/mol. The highest BCUT2D eigenvalue weighted by atomic mass is 16.7. The third kappa shape index (κ3) is 7.78. The molecule has 204 valence electrons. The van der Waals surface area contributed by atoms with Crippen molar-refractivity contribution in [2.24, 2.45) is 11.8 Å². The van der Waals surface area contributed by atoms with Crippen LogP contribution in [0.25, 0.3) is 0 Å². The maximum Gasteiger partial charge on any atom is 0.221 e. The quantitative estimate of drug-likeness (QED) is 0.156. The number of hydrogen-bond donors (Lipinski definition) is 8. The first-order valence-corrected chi connectivity index (χ1v) is 12.0. The molecule has 13 nitrogen and oxygen atoms in total. The summed E-state index contributed by atoms with van der Waals surface area (Å²) < 4.78 is 17.7. The molecule has 8 N–H and O–H groups in total. The van der Waals surface area contributed by atoms with Gasteiger partial charge in [-0.05, 0) is 0 Å². The van der Waals surface area contributed by atoms with E-state index in [4.69, 9.17) is 14.2 Å². The first kappa shape index (κ1) is 29.8. The summed E-state index contributed by atoms with van der Waals surface area (Å²) in [6.07, 6.45) is -7.45. The highest BCUT2D eigenvalue weighted by molar-refractivity contribution is 5.75. The smallest absolute Gasteiger partial charge is 0.221 e. The summed E-state index contributed by atoms with van der Waals surface area (Å²) in [4.78, 5) is 23.9. The van der Waals surface area contributed by atoms with Gasteiger partial charge in [-0.25, -0.2) is 0 Å². The maximum absolute atomic E-state index is 12.1. The lowest BCUT2D eigenvalue weighted by Gasteiger charge is -2.38. The van der Waals surface area contributed by atoms with Crippen LogP contribution in [0, 0.1) is 11.8 Å². The lowest BCUT2D eigenvalue weighted by Crippen LogP contribution is -2.61. The number of amides is 2. The van der Waals surface area contributed by atoms with Crippen LogP contribution in [0.4, 0.5) is 0 Å². The number of rotatable bonds is 9. The Labute approximate surface area is 205 Å². The van der Waals surface area contributed by atoms with Crippen LogP contribution < -0.4 is 16.0 Å². The molecule has 0 aromatic carbocycles. The average Bonchev–Trinajstić information content (AvgIpc) is 2.99. The van der Waals surface area contributed by atoms with Crippen LogP contribution in [0.1, 0.15) is 34.1 Å². The summed E-state index contributed by atoms with van der Waals surface area (Å²) in [6, 6.07) is -2.19. The van der Waals surface area contributed by atoms with Gasteiger partial charge < -0.3 is 55.7 Å². The predicted octanol–water partition coefficient (Wildman–Crippen LogP) is -3.22. The Kier molecular flexibility index (Phi) is 11.7. The summed E-state index contributed by atoms with van der Waals surface area (Å²) in [5.74, 6) is -2.41. The van der Waals surface area contributed by atoms with Gasteiger partial charge >= 0.3 is 0 Å². The van der Waals surface area contributed by atoms with Gasteiger partial charge in [0, 0.05) is 31.2 Å². The molecule has 0 aromatic heterocycles. The molecule has 0 aliphatic carbocycles. The predicted molar refractivity (Wildman–Crippen MR) is 122 cm³/mol. The van der Waals surface area contributed by atoms with Crippen LogP contribution >= 0.6 is 0 Å². The molecule has 2 fully saturated rings. The minimum atomic E-state index is -1.54. The first-order valence-electron chi connectivity index (χ1n) is 12.0. The fourth-order valence-corrected chi connectivity index (χ4v) is 4.30. The van der Waals surface area contributed by atoms with Gasteiger partial charge in [0.05, 0.1) is 44.7 Å². The lowest BCUT2D eigenvalue weighted by atomic mass is 9.93. The van der Waals surface area contributed by atoms with Crippen molar-refractivity contribution >= 4 is 11.8 Å². The second-order valence-corrected chi connectivity index (χ2v) is 9.41. The number of aliphatic hydroxyl groups is 5. The van der Waals surface area contributed by atoms with Crippen molar-refractivity contribution in [3.63, 3.8) is 0 Å². The number of carbonyl (C=O) groups excluding carboxylic acids is 2. The zero-order valence-corrected chi connectivity index (χ0v) is 20.7. The van der Waals surface area contributed by atoms with Crippen molar-refractivity contribution in [2.75, 3.05) is 26.4 Å². The molecular weight excluding hydrogens is 466 g/mol. The van der Waals surface area contributed by atoms with Gasteiger partial charge in [-0.2, -0.15) is 0 Å². The molecule has 10 unspecified atom stereocenters. The fraction of sp³-hybridized carbons (Fsp3) is 0.909. The zero-order valence-electron chi connectivity index (χ0n) is 20.7. The summed E-state index contributed by atoms with van der Waals surface area (Å²) in [6.45, 7) is 5.42. The molecule has 2 amide bonds. The molecule has 2 aliphatic rings. The van der Waals surface area contributed by atoms with E-state index in [-0.39, 0.29) is 31.6 Å². The van der Waals surface area contributed by atoms with Gasteiger partial charge in [-0.1, -0.05) is 20.8 Å². The fourth-order valence-electron chi connectivity index (χ4n) is 4.30. The Bertz CT molecular complexity index is 684. The molecule has 35 heavy (non-hydrogen) atoms. The minimum Gasteiger partial charge on any atom is -0.396 e. The monoisotopic (exact) mass is 507 g/mol. The minimum absolute atomic E-state index is 0.0782. The normalized spacial score (nSPS) is 38.5. The van der Waals surface area contributed by atoms with Gasteiger partial charge in [-0.3, -0.25) is 9.59 Å². The van der Waals surface area contributed by atoms with Gasteiger partial charge in [0.2, 0.25) is 11.8 Å². The molecular formula is C22H41N3O10. The molecule has 10 atom stereocenters. The Hall–Kier alpha value is -1.42. The Morgan fingerprint density at radius 3 is 2.11 bits per heavy atom. The van der Waals surface area contributed by atoms with E-state index in [1.54, 1.807) is 6.92 Å². The SMILES string of the molecule is CCC(=O)NC1OCC(CO)C(OC2OCC(CO)C(O)C(O)C2NC(C)=O)C(O)C1NC(C)C. The first-order chi connectivity index (χ1) is 16.5. The Balaban J connectivity index is 2.37. The molecule has 0 saturated carbocycles. The van der Waals surface area contributed by atoms with E-state index in [1.165, 1.54) is 6.92 Å². The van der Waals surface area contributed by atoms with E-state index in [0.29, 0.717) is 0 Å². The van der Waals surface area contributed by atoms with E-state index in [0.717, 1.165) is 0 Å². The molecule has 2 aliphatic heterocycles. The van der Waals surface area contributed by atoms with Crippen molar-refractivity contribution in [3.8, 4) is 0 Å². The number of ether oxygens (including phenoxy) is 3. The zero-order chi connectivity index (χ0) is 26.3. The van der Waals surface area contributed by atoms with E-state index in [2.05, 4.69) is 16.0 Å². The number of hydrogen-bond acceptors (Lipinski definition) is 11. The second-order valence-electron chi connectivity index (χ2n) is 9.41. The third-order valence-corrected chi connectivity index (χ3v) is 6.23. The molecule has 0 radical (unpaired) electrons. The molecule has 13 heteroatoms.